The lowest BCUT2D eigenvalue weighted by molar-refractivity contribution is -0.354. The lowest BCUT2D eigenvalue weighted by Crippen LogP contribution is -2.67. The Morgan fingerprint density at radius 3 is 1.34 bits per heavy atom. The number of rotatable bonds is 18. The van der Waals surface area contributed by atoms with E-state index >= 15 is 0 Å². The van der Waals surface area contributed by atoms with Crippen molar-refractivity contribution in [2.75, 3.05) is 34.0 Å². The van der Waals surface area contributed by atoms with E-state index in [0.29, 0.717) is 5.56 Å². The van der Waals surface area contributed by atoms with E-state index in [1.54, 1.807) is 12.2 Å². The summed E-state index contributed by atoms with van der Waals surface area (Å²) in [5.74, 6) is -6.65. The second kappa shape index (κ2) is 23.1. The van der Waals surface area contributed by atoms with Crippen LogP contribution in [0.5, 0.6) is 17.2 Å². The molecule has 2 heterocycles. The molecule has 3 rings (SSSR count). The van der Waals surface area contributed by atoms with Crippen LogP contribution in [0.2, 0.25) is 0 Å². The van der Waals surface area contributed by atoms with E-state index in [4.69, 9.17) is 66.3 Å². The second-order valence-electron chi connectivity index (χ2n) is 13.2. The molecule has 22 heteroatoms. The second-order valence-corrected chi connectivity index (χ2v) is 13.2. The van der Waals surface area contributed by atoms with Crippen LogP contribution in [0, 0.1) is 0 Å². The zero-order valence-corrected chi connectivity index (χ0v) is 35.2. The lowest BCUT2D eigenvalue weighted by Gasteiger charge is -2.48. The van der Waals surface area contributed by atoms with E-state index in [9.17, 15) is 38.4 Å². The summed E-state index contributed by atoms with van der Waals surface area (Å²) >= 11 is 0. The SMILES string of the molecule is COc1cc(/C=C/COC(C)=O)cc(OC)c1O[C@@H]1O[C@H](COC(C)=O)[C@@H](O[C@@H]2O[C@H](COC(C)=O)[C@@H](OC(C)=O)[C@H](OC(C)=O)[C@H]2OC(C)=O)[C@H](OC(C)=O)[C@H]1OC(C)=O. The molecule has 0 N–H and O–H groups in total. The van der Waals surface area contributed by atoms with Crippen LogP contribution >= 0.6 is 0 Å². The molecule has 2 aliphatic rings. The maximum absolute atomic E-state index is 12.8. The normalized spacial score (nSPS) is 25.8. The highest BCUT2D eigenvalue weighted by atomic mass is 16.8. The van der Waals surface area contributed by atoms with E-state index in [1.165, 1.54) is 33.3 Å². The molecule has 0 radical (unpaired) electrons. The molecule has 338 valence electrons. The highest BCUT2D eigenvalue weighted by Crippen LogP contribution is 2.42. The summed E-state index contributed by atoms with van der Waals surface area (Å²) < 4.78 is 79.4. The van der Waals surface area contributed by atoms with Gasteiger partial charge in [0.25, 0.3) is 0 Å². The van der Waals surface area contributed by atoms with Crippen LogP contribution < -0.4 is 14.2 Å². The Balaban J connectivity index is 2.22. The molecule has 0 amide bonds. The van der Waals surface area contributed by atoms with Crippen LogP contribution in [0.3, 0.4) is 0 Å². The highest BCUT2D eigenvalue weighted by molar-refractivity contribution is 5.70. The van der Waals surface area contributed by atoms with Crippen LogP contribution in [-0.4, -0.2) is 143 Å². The standard InChI is InChI=1S/C39H50O22/c1-18(40)50-13-11-12-26-14-27(48-9)31(28(15-26)49-10)60-38-37(57-25(8)47)35(55-23(6)45)33(30(59-38)17-52-20(3)42)61-39-36(56-24(7)46)34(54-22(5)44)32(53-21(4)43)29(58-39)16-51-19(2)41/h11-12,14-15,29-30,32-39H,13,16-17H2,1-10H3/b12-11+/t29-,30-,32-,33-,34+,35+,36-,37-,38+,39+/m1/s1. The Kier molecular flexibility index (Phi) is 18.7. The van der Waals surface area contributed by atoms with Gasteiger partial charge in [0.15, 0.2) is 42.2 Å². The molecule has 61 heavy (non-hydrogen) atoms. The molecule has 2 fully saturated rings. The molecular weight excluding hydrogens is 820 g/mol. The number of esters is 8. The van der Waals surface area contributed by atoms with Crippen molar-refractivity contribution in [3.05, 3.63) is 23.8 Å². The summed E-state index contributed by atoms with van der Waals surface area (Å²) in [5, 5.41) is 0. The molecule has 2 aliphatic heterocycles. The quantitative estimate of drug-likeness (QED) is 0.148. The molecule has 0 aliphatic carbocycles. The summed E-state index contributed by atoms with van der Waals surface area (Å²) in [6.45, 7) is 7.30. The van der Waals surface area contributed by atoms with Crippen molar-refractivity contribution < 1.29 is 105 Å². The summed E-state index contributed by atoms with van der Waals surface area (Å²) in [5.41, 5.74) is 0.512. The molecule has 0 aromatic heterocycles. The minimum Gasteiger partial charge on any atom is -0.493 e. The van der Waals surface area contributed by atoms with Crippen LogP contribution in [0.25, 0.3) is 6.08 Å². The molecule has 10 atom stereocenters. The molecule has 0 spiro atoms. The fourth-order valence-corrected chi connectivity index (χ4v) is 6.15. The minimum absolute atomic E-state index is 0.0275. The minimum atomic E-state index is -1.87. The number of benzene rings is 1. The molecule has 22 nitrogen and oxygen atoms in total. The first-order valence-electron chi connectivity index (χ1n) is 18.6. The van der Waals surface area contributed by atoms with E-state index in [1.807, 2.05) is 0 Å². The van der Waals surface area contributed by atoms with Gasteiger partial charge in [0.2, 0.25) is 18.1 Å². The van der Waals surface area contributed by atoms with E-state index < -0.39 is 122 Å². The van der Waals surface area contributed by atoms with Gasteiger partial charge in [0.05, 0.1) is 14.2 Å². The van der Waals surface area contributed by atoms with Crippen molar-refractivity contribution in [1.29, 1.82) is 0 Å². The molecular formula is C39H50O22. The number of methoxy groups -OCH3 is 2. The first-order valence-corrected chi connectivity index (χ1v) is 18.6. The van der Waals surface area contributed by atoms with E-state index in [2.05, 4.69) is 0 Å². The van der Waals surface area contributed by atoms with Crippen molar-refractivity contribution in [2.24, 2.45) is 0 Å². The Morgan fingerprint density at radius 1 is 0.508 bits per heavy atom. The van der Waals surface area contributed by atoms with E-state index in [-0.39, 0.29) is 23.9 Å². The number of ether oxygens (including phenoxy) is 14. The van der Waals surface area contributed by atoms with Gasteiger partial charge < -0.3 is 66.3 Å². The van der Waals surface area contributed by atoms with Crippen molar-refractivity contribution in [3.8, 4) is 17.2 Å². The van der Waals surface area contributed by atoms with Gasteiger partial charge >= 0.3 is 47.8 Å². The van der Waals surface area contributed by atoms with Gasteiger partial charge in [-0.3, -0.25) is 38.4 Å². The Bertz CT molecular complexity index is 1760. The maximum Gasteiger partial charge on any atom is 0.303 e. The Labute approximate surface area is 350 Å². The van der Waals surface area contributed by atoms with Crippen molar-refractivity contribution in [2.45, 2.75) is 117 Å². The first-order chi connectivity index (χ1) is 28.7. The van der Waals surface area contributed by atoms with Gasteiger partial charge in [-0.2, -0.15) is 0 Å². The van der Waals surface area contributed by atoms with Gasteiger partial charge in [-0.25, -0.2) is 0 Å². The van der Waals surface area contributed by atoms with Gasteiger partial charge in [-0.1, -0.05) is 6.08 Å². The fourth-order valence-electron chi connectivity index (χ4n) is 6.15. The van der Waals surface area contributed by atoms with Crippen LogP contribution in [-0.2, 0) is 90.5 Å². The van der Waals surface area contributed by atoms with Crippen LogP contribution in [0.1, 0.15) is 61.0 Å². The summed E-state index contributed by atoms with van der Waals surface area (Å²) in [7, 11) is 2.64. The van der Waals surface area contributed by atoms with Gasteiger partial charge in [0, 0.05) is 55.4 Å². The average molecular weight is 871 g/mol. The monoisotopic (exact) mass is 870 g/mol. The average Bonchev–Trinajstić information content (AvgIpc) is 3.15. The topological polar surface area (TPSA) is 266 Å². The predicted molar refractivity (Wildman–Crippen MR) is 199 cm³/mol. The van der Waals surface area contributed by atoms with Crippen LogP contribution in [0.15, 0.2) is 18.2 Å². The zero-order valence-electron chi connectivity index (χ0n) is 35.2. The highest BCUT2D eigenvalue weighted by Gasteiger charge is 2.58. The fraction of sp³-hybridized carbons (Fsp3) is 0.590. The Morgan fingerprint density at radius 2 is 0.902 bits per heavy atom. The largest absolute Gasteiger partial charge is 0.493 e. The van der Waals surface area contributed by atoms with Gasteiger partial charge in [-0.15, -0.1) is 0 Å². The van der Waals surface area contributed by atoms with E-state index in [0.717, 1.165) is 48.5 Å². The van der Waals surface area contributed by atoms with Crippen molar-refractivity contribution in [3.63, 3.8) is 0 Å². The first kappa shape index (κ1) is 49.4. The molecule has 0 saturated carbocycles. The number of carbonyl (C=O) groups is 8. The predicted octanol–water partition coefficient (Wildman–Crippen LogP) is 1.28. The molecule has 0 unspecified atom stereocenters. The third-order valence-electron chi connectivity index (χ3n) is 8.30. The maximum atomic E-state index is 12.8. The van der Waals surface area contributed by atoms with Gasteiger partial charge in [0.1, 0.15) is 38.1 Å². The van der Waals surface area contributed by atoms with Crippen LogP contribution in [0.4, 0.5) is 0 Å². The summed E-state index contributed by atoms with van der Waals surface area (Å²) in [4.78, 5) is 98.1. The zero-order chi connectivity index (χ0) is 45.6. The summed E-state index contributed by atoms with van der Waals surface area (Å²) in [6, 6.07) is 3.06. The lowest BCUT2D eigenvalue weighted by atomic mass is 9.96. The smallest absolute Gasteiger partial charge is 0.303 e. The van der Waals surface area contributed by atoms with Gasteiger partial charge in [-0.05, 0) is 23.8 Å². The third kappa shape index (κ3) is 14.9. The van der Waals surface area contributed by atoms with Crippen molar-refractivity contribution in [1.82, 2.24) is 0 Å². The van der Waals surface area contributed by atoms with Crippen molar-refractivity contribution >= 4 is 53.8 Å². The number of hydrogen-bond donors (Lipinski definition) is 0. The molecule has 1 aromatic carbocycles. The Hall–Kier alpha value is -6.00. The summed E-state index contributed by atoms with van der Waals surface area (Å²) in [6.07, 6.45) is -13.5. The third-order valence-corrected chi connectivity index (χ3v) is 8.30. The molecule has 0 bridgehead atoms. The number of carbonyl (C=O) groups excluding carboxylic acids is 8. The molecule has 2 saturated heterocycles. The number of hydrogen-bond acceptors (Lipinski definition) is 22. The molecule has 1 aromatic rings.